The topological polar surface area (TPSA) is 73.4 Å². The first-order chi connectivity index (χ1) is 20.6. The monoisotopic (exact) mass is 633 g/mol. The Hall–Kier alpha value is -4.89. The Balaban J connectivity index is 0.000000192. The average molecular weight is 634 g/mol. The number of hydrogen-bond donors (Lipinski definition) is 0. The fourth-order valence-electron chi connectivity index (χ4n) is 4.46. The van der Waals surface area contributed by atoms with E-state index in [9.17, 15) is 10.5 Å². The number of benzene rings is 4. The van der Waals surface area contributed by atoms with Gasteiger partial charge in [0.2, 0.25) is 0 Å². The molecule has 207 valence electrons. The maximum atomic E-state index is 9.37. The molecule has 1 radical (unpaired) electrons. The van der Waals surface area contributed by atoms with E-state index >= 15 is 0 Å². The van der Waals surface area contributed by atoms with E-state index < -0.39 is 0 Å². The Bertz CT molecular complexity index is 1760. The summed E-state index contributed by atoms with van der Waals surface area (Å²) in [5.41, 5.74) is 8.08. The molecular formula is C36H22CoN4S2. The molecule has 0 unspecified atom stereocenters. The summed E-state index contributed by atoms with van der Waals surface area (Å²) in [7, 11) is 0. The van der Waals surface area contributed by atoms with Gasteiger partial charge in [0.1, 0.15) is 0 Å². The third-order valence-electron chi connectivity index (χ3n) is 6.50. The molecule has 2 aromatic heterocycles. The minimum absolute atomic E-state index is 0. The van der Waals surface area contributed by atoms with Crippen LogP contribution >= 0.6 is 0 Å². The number of rotatable bonds is 4. The van der Waals surface area contributed by atoms with Gasteiger partial charge in [0.05, 0.1) is 34.7 Å². The zero-order chi connectivity index (χ0) is 29.3. The molecule has 4 aromatic carbocycles. The van der Waals surface area contributed by atoms with Gasteiger partial charge in [-0.25, -0.2) is 0 Å². The molecule has 0 N–H and O–H groups in total. The summed E-state index contributed by atoms with van der Waals surface area (Å²) in [6, 6.07) is 47.5. The molecule has 0 fully saturated rings. The standard InChI is InChI=1S/2C18H12N2S.Co/c2*19-12-16-15(13-7-3-1-4-8-13)11-17(20-18(16)21)14-9-5-2-6-10-14;/h2*1-11H,(H,20,21);/q;;+2/p-2. The molecule has 0 bridgehead atoms. The van der Waals surface area contributed by atoms with E-state index in [0.717, 1.165) is 44.8 Å². The molecule has 2 heterocycles. The van der Waals surface area contributed by atoms with Crippen LogP contribution in [-0.4, -0.2) is 9.97 Å². The van der Waals surface area contributed by atoms with E-state index in [1.165, 1.54) is 0 Å². The largest absolute Gasteiger partial charge is 2.00 e. The molecule has 0 aliphatic rings. The van der Waals surface area contributed by atoms with Crippen molar-refractivity contribution in [3.63, 3.8) is 0 Å². The van der Waals surface area contributed by atoms with Crippen LogP contribution in [0.5, 0.6) is 0 Å². The number of aromatic nitrogens is 2. The van der Waals surface area contributed by atoms with Gasteiger partial charge >= 0.3 is 16.8 Å². The molecule has 6 rings (SSSR count). The van der Waals surface area contributed by atoms with Crippen LogP contribution in [0.25, 0.3) is 44.8 Å². The van der Waals surface area contributed by atoms with Gasteiger partial charge in [0.25, 0.3) is 0 Å². The number of hydrogen-bond acceptors (Lipinski definition) is 6. The maximum absolute atomic E-state index is 9.37. The van der Waals surface area contributed by atoms with E-state index in [-0.39, 0.29) is 16.8 Å². The van der Waals surface area contributed by atoms with Crippen molar-refractivity contribution in [1.82, 2.24) is 9.97 Å². The van der Waals surface area contributed by atoms with Gasteiger partial charge < -0.3 is 25.3 Å². The fraction of sp³-hybridized carbons (Fsp3) is 0. The SMILES string of the molecule is N#Cc1c(-c2ccccc2)cc(-c2ccccc2)nc1[S-].N#Cc1c(-c2ccccc2)cc(-c2ccccc2)nc1[S-].[Co+2]. The molecule has 4 nitrogen and oxygen atoms in total. The quantitative estimate of drug-likeness (QED) is 0.182. The smallest absolute Gasteiger partial charge is 0.759 e. The molecule has 7 heteroatoms. The van der Waals surface area contributed by atoms with Crippen LogP contribution in [0, 0.1) is 22.7 Å². The van der Waals surface area contributed by atoms with Crippen molar-refractivity contribution in [2.45, 2.75) is 10.1 Å². The molecule has 0 aliphatic carbocycles. The van der Waals surface area contributed by atoms with Gasteiger partial charge in [0, 0.05) is 22.3 Å². The summed E-state index contributed by atoms with van der Waals surface area (Å²) in [4.78, 5) is 8.79. The second-order valence-corrected chi connectivity index (χ2v) is 9.93. The van der Waals surface area contributed by atoms with Crippen molar-refractivity contribution >= 4 is 25.3 Å². The van der Waals surface area contributed by atoms with Crippen LogP contribution in [0.2, 0.25) is 0 Å². The molecule has 0 amide bonds. The van der Waals surface area contributed by atoms with Crippen molar-refractivity contribution < 1.29 is 16.8 Å². The van der Waals surface area contributed by atoms with Crippen LogP contribution in [0.4, 0.5) is 0 Å². The average Bonchev–Trinajstić information content (AvgIpc) is 3.06. The molecule has 0 saturated carbocycles. The van der Waals surface area contributed by atoms with Crippen LogP contribution in [0.1, 0.15) is 11.1 Å². The molecule has 43 heavy (non-hydrogen) atoms. The van der Waals surface area contributed by atoms with Crippen LogP contribution in [0.15, 0.2) is 144 Å². The number of pyridine rings is 2. The zero-order valence-electron chi connectivity index (χ0n) is 22.6. The molecule has 0 spiro atoms. The molecular weight excluding hydrogens is 611 g/mol. The van der Waals surface area contributed by atoms with Crippen LogP contribution in [-0.2, 0) is 42.0 Å². The molecule has 0 saturated heterocycles. The third-order valence-corrected chi connectivity index (χ3v) is 7.10. The second-order valence-electron chi connectivity index (χ2n) is 9.16. The van der Waals surface area contributed by atoms with Gasteiger partial charge in [-0.3, -0.25) is 9.97 Å². The third kappa shape index (κ3) is 7.31. The minimum atomic E-state index is 0. The van der Waals surface area contributed by atoms with E-state index in [4.69, 9.17) is 25.3 Å². The van der Waals surface area contributed by atoms with Crippen molar-refractivity contribution in [3.8, 4) is 56.9 Å². The summed E-state index contributed by atoms with van der Waals surface area (Å²) in [6.07, 6.45) is 0. The van der Waals surface area contributed by atoms with Crippen molar-refractivity contribution in [2.75, 3.05) is 0 Å². The summed E-state index contributed by atoms with van der Waals surface area (Å²) >= 11 is 10.6. The Morgan fingerprint density at radius 1 is 0.442 bits per heavy atom. The maximum Gasteiger partial charge on any atom is 2.00 e. The van der Waals surface area contributed by atoms with E-state index in [2.05, 4.69) is 22.1 Å². The first kappa shape index (κ1) is 31.1. The second kappa shape index (κ2) is 14.8. The zero-order valence-corrected chi connectivity index (χ0v) is 25.3. The van der Waals surface area contributed by atoms with Crippen molar-refractivity contribution in [1.29, 1.82) is 10.5 Å². The van der Waals surface area contributed by atoms with Gasteiger partial charge in [-0.2, -0.15) is 10.5 Å². The summed E-state index contributed by atoms with van der Waals surface area (Å²) in [5.74, 6) is 0. The summed E-state index contributed by atoms with van der Waals surface area (Å²) in [5, 5.41) is 19.4. The van der Waals surface area contributed by atoms with E-state index in [1.807, 2.05) is 133 Å². The number of nitrogens with zero attached hydrogens (tertiary/aromatic N) is 4. The van der Waals surface area contributed by atoms with Gasteiger partial charge in [-0.15, -0.1) is 0 Å². The van der Waals surface area contributed by atoms with Gasteiger partial charge in [-0.05, 0) is 23.3 Å². The first-order valence-corrected chi connectivity index (χ1v) is 13.9. The van der Waals surface area contributed by atoms with Gasteiger partial charge in [-0.1, -0.05) is 131 Å². The Morgan fingerprint density at radius 3 is 1.00 bits per heavy atom. The van der Waals surface area contributed by atoms with Gasteiger partial charge in [0.15, 0.2) is 0 Å². The number of nitriles is 2. The molecule has 0 atom stereocenters. The predicted molar refractivity (Wildman–Crippen MR) is 171 cm³/mol. The predicted octanol–water partition coefficient (Wildman–Crippen LogP) is 8.38. The Morgan fingerprint density at radius 2 is 0.721 bits per heavy atom. The molecule has 6 aromatic rings. The van der Waals surface area contributed by atoms with Crippen molar-refractivity contribution in [2.24, 2.45) is 0 Å². The normalized spacial score (nSPS) is 9.81. The summed E-state index contributed by atoms with van der Waals surface area (Å²) < 4.78 is 0. The van der Waals surface area contributed by atoms with E-state index in [0.29, 0.717) is 21.2 Å². The van der Waals surface area contributed by atoms with E-state index in [1.54, 1.807) is 0 Å². The fourth-order valence-corrected chi connectivity index (χ4v) is 4.97. The van der Waals surface area contributed by atoms with Crippen molar-refractivity contribution in [3.05, 3.63) is 145 Å². The van der Waals surface area contributed by atoms with Crippen LogP contribution in [0.3, 0.4) is 0 Å². The summed E-state index contributed by atoms with van der Waals surface area (Å²) in [6.45, 7) is 0. The minimum Gasteiger partial charge on any atom is -0.759 e. The Labute approximate surface area is 272 Å². The van der Waals surface area contributed by atoms with Crippen LogP contribution < -0.4 is 0 Å². The Kier molecular flexibility index (Phi) is 10.7. The molecule has 0 aliphatic heterocycles. The first-order valence-electron chi connectivity index (χ1n) is 13.0.